The fourth-order valence-electron chi connectivity index (χ4n) is 0.819. The summed E-state index contributed by atoms with van der Waals surface area (Å²) in [6, 6.07) is 5.20. The largest absolute Gasteiger partial charge is 0.379 e. The van der Waals surface area contributed by atoms with Gasteiger partial charge in [-0.15, -0.1) is 0 Å². The van der Waals surface area contributed by atoms with Crippen LogP contribution in [0.15, 0.2) is 29.4 Å². The van der Waals surface area contributed by atoms with Crippen LogP contribution in [0.5, 0.6) is 0 Å². The van der Waals surface area contributed by atoms with Crippen molar-refractivity contribution in [2.45, 2.75) is 11.9 Å². The second kappa shape index (κ2) is 6.64. The van der Waals surface area contributed by atoms with Crippen molar-refractivity contribution in [3.63, 3.8) is 0 Å². The van der Waals surface area contributed by atoms with E-state index in [1.807, 2.05) is 6.92 Å². The summed E-state index contributed by atoms with van der Waals surface area (Å²) in [5, 5.41) is 0.434. The number of hydrogen-bond acceptors (Lipinski definition) is 4. The highest BCUT2D eigenvalue weighted by Gasteiger charge is 2.03. The molecule has 4 nitrogen and oxygen atoms in total. The molecular formula is C9H13NO3S. The first-order valence-corrected chi connectivity index (χ1v) is 5.46. The summed E-state index contributed by atoms with van der Waals surface area (Å²) in [6.45, 7) is 3.31. The Labute approximate surface area is 85.9 Å². The van der Waals surface area contributed by atoms with E-state index in [-0.39, 0.29) is 0 Å². The first kappa shape index (κ1) is 11.3. The SMILES string of the molecule is CCOCCOS(=O)c1ccccn1. The molecule has 1 unspecified atom stereocenters. The van der Waals surface area contributed by atoms with Crippen LogP contribution in [0.25, 0.3) is 0 Å². The zero-order valence-electron chi connectivity index (χ0n) is 8.01. The van der Waals surface area contributed by atoms with Crippen molar-refractivity contribution in [1.82, 2.24) is 4.98 Å². The first-order valence-electron chi connectivity index (χ1n) is 4.38. The molecule has 0 N–H and O–H groups in total. The molecule has 0 saturated heterocycles. The van der Waals surface area contributed by atoms with Crippen molar-refractivity contribution >= 4 is 11.1 Å². The van der Waals surface area contributed by atoms with E-state index in [1.54, 1.807) is 24.4 Å². The van der Waals surface area contributed by atoms with Crippen LogP contribution in [0.3, 0.4) is 0 Å². The summed E-state index contributed by atoms with van der Waals surface area (Å²) in [5.74, 6) is 0. The predicted molar refractivity (Wildman–Crippen MR) is 53.1 cm³/mol. The number of hydrogen-bond donors (Lipinski definition) is 0. The second-order valence-electron chi connectivity index (χ2n) is 2.42. The number of pyridine rings is 1. The van der Waals surface area contributed by atoms with Crippen LogP contribution in [0.4, 0.5) is 0 Å². The van der Waals surface area contributed by atoms with Crippen LogP contribution in [-0.2, 0) is 20.0 Å². The maximum atomic E-state index is 11.4. The highest BCUT2D eigenvalue weighted by atomic mass is 32.2. The molecule has 0 bridgehead atoms. The van der Waals surface area contributed by atoms with Crippen molar-refractivity contribution in [3.8, 4) is 0 Å². The van der Waals surface area contributed by atoms with Gasteiger partial charge in [0, 0.05) is 12.8 Å². The van der Waals surface area contributed by atoms with Gasteiger partial charge in [-0.05, 0) is 19.1 Å². The van der Waals surface area contributed by atoms with Gasteiger partial charge < -0.3 is 4.74 Å². The van der Waals surface area contributed by atoms with E-state index in [1.165, 1.54) is 0 Å². The van der Waals surface area contributed by atoms with Crippen LogP contribution in [0, 0.1) is 0 Å². The van der Waals surface area contributed by atoms with Crippen molar-refractivity contribution in [2.75, 3.05) is 19.8 Å². The molecule has 1 rings (SSSR count). The Hall–Kier alpha value is -0.780. The monoisotopic (exact) mass is 215 g/mol. The quantitative estimate of drug-likeness (QED) is 0.668. The van der Waals surface area contributed by atoms with Gasteiger partial charge in [0.05, 0.1) is 13.2 Å². The predicted octanol–water partition coefficient (Wildman–Crippen LogP) is 1.16. The van der Waals surface area contributed by atoms with E-state index in [9.17, 15) is 4.21 Å². The molecule has 0 radical (unpaired) electrons. The fraction of sp³-hybridized carbons (Fsp3) is 0.444. The third-order valence-electron chi connectivity index (χ3n) is 1.43. The van der Waals surface area contributed by atoms with Gasteiger partial charge in [0.15, 0.2) is 5.03 Å². The summed E-state index contributed by atoms with van der Waals surface area (Å²) >= 11 is -1.48. The minimum atomic E-state index is -1.48. The molecule has 0 aliphatic carbocycles. The molecule has 0 spiro atoms. The maximum Gasteiger partial charge on any atom is 0.208 e. The zero-order valence-corrected chi connectivity index (χ0v) is 8.83. The van der Waals surface area contributed by atoms with Gasteiger partial charge in [-0.25, -0.2) is 9.19 Å². The lowest BCUT2D eigenvalue weighted by atomic mass is 10.5. The third kappa shape index (κ3) is 3.95. The fourth-order valence-corrected chi connectivity index (χ4v) is 1.50. The highest BCUT2D eigenvalue weighted by Crippen LogP contribution is 2.01. The summed E-state index contributed by atoms with van der Waals surface area (Å²) < 4.78 is 21.4. The van der Waals surface area contributed by atoms with E-state index < -0.39 is 11.1 Å². The normalized spacial score (nSPS) is 12.6. The molecule has 1 aromatic rings. The van der Waals surface area contributed by atoms with Gasteiger partial charge in [-0.1, -0.05) is 6.07 Å². The average Bonchev–Trinajstić information content (AvgIpc) is 2.25. The van der Waals surface area contributed by atoms with Crippen LogP contribution in [0.2, 0.25) is 0 Å². The first-order chi connectivity index (χ1) is 6.84. The van der Waals surface area contributed by atoms with Crippen molar-refractivity contribution in [3.05, 3.63) is 24.4 Å². The molecule has 0 aromatic carbocycles. The molecule has 0 saturated carbocycles. The smallest absolute Gasteiger partial charge is 0.208 e. The number of aromatic nitrogens is 1. The number of rotatable bonds is 6. The van der Waals surface area contributed by atoms with Crippen LogP contribution >= 0.6 is 0 Å². The molecule has 1 aromatic heterocycles. The van der Waals surface area contributed by atoms with Crippen LogP contribution in [0.1, 0.15) is 6.92 Å². The van der Waals surface area contributed by atoms with Crippen molar-refractivity contribution in [2.24, 2.45) is 0 Å². The van der Waals surface area contributed by atoms with E-state index in [2.05, 4.69) is 4.98 Å². The van der Waals surface area contributed by atoms with E-state index in [0.717, 1.165) is 0 Å². The molecule has 78 valence electrons. The Morgan fingerprint density at radius 3 is 2.93 bits per heavy atom. The molecule has 1 heterocycles. The molecule has 14 heavy (non-hydrogen) atoms. The lowest BCUT2D eigenvalue weighted by molar-refractivity contribution is 0.115. The van der Waals surface area contributed by atoms with E-state index in [4.69, 9.17) is 8.92 Å². The van der Waals surface area contributed by atoms with Gasteiger partial charge in [0.25, 0.3) is 0 Å². The lowest BCUT2D eigenvalue weighted by Gasteiger charge is -2.02. The summed E-state index contributed by atoms with van der Waals surface area (Å²) in [7, 11) is 0. The van der Waals surface area contributed by atoms with Crippen molar-refractivity contribution in [1.29, 1.82) is 0 Å². The molecular weight excluding hydrogens is 202 g/mol. The molecule has 0 amide bonds. The van der Waals surface area contributed by atoms with Gasteiger partial charge in [-0.3, -0.25) is 4.18 Å². The minimum Gasteiger partial charge on any atom is -0.379 e. The standard InChI is InChI=1S/C9H13NO3S/c1-2-12-7-8-13-14(11)9-5-3-4-6-10-9/h3-6H,2,7-8H2,1H3. The summed E-state index contributed by atoms with van der Waals surface area (Å²) in [4.78, 5) is 3.91. The van der Waals surface area contributed by atoms with Crippen LogP contribution < -0.4 is 0 Å². The molecule has 0 aliphatic rings. The average molecular weight is 215 g/mol. The van der Waals surface area contributed by atoms with Gasteiger partial charge in [-0.2, -0.15) is 0 Å². The molecule has 0 aliphatic heterocycles. The highest BCUT2D eigenvalue weighted by molar-refractivity contribution is 7.80. The molecule has 5 heteroatoms. The molecule has 1 atom stereocenters. The van der Waals surface area contributed by atoms with Gasteiger partial charge >= 0.3 is 0 Å². The molecule has 0 fully saturated rings. The zero-order chi connectivity index (χ0) is 10.2. The van der Waals surface area contributed by atoms with Crippen LogP contribution in [-0.4, -0.2) is 29.0 Å². The Morgan fingerprint density at radius 1 is 1.43 bits per heavy atom. The maximum absolute atomic E-state index is 11.4. The summed E-state index contributed by atoms with van der Waals surface area (Å²) in [5.41, 5.74) is 0. The number of nitrogens with zero attached hydrogens (tertiary/aromatic N) is 1. The minimum absolute atomic E-state index is 0.316. The lowest BCUT2D eigenvalue weighted by Crippen LogP contribution is -2.07. The third-order valence-corrected chi connectivity index (χ3v) is 2.39. The Kier molecular flexibility index (Phi) is 5.36. The topological polar surface area (TPSA) is 48.4 Å². The summed E-state index contributed by atoms with van der Waals surface area (Å²) in [6.07, 6.45) is 1.58. The van der Waals surface area contributed by atoms with E-state index >= 15 is 0 Å². The second-order valence-corrected chi connectivity index (χ2v) is 3.54. The van der Waals surface area contributed by atoms with E-state index in [0.29, 0.717) is 24.8 Å². The van der Waals surface area contributed by atoms with Gasteiger partial charge in [0.1, 0.15) is 0 Å². The van der Waals surface area contributed by atoms with Gasteiger partial charge in [0.2, 0.25) is 11.1 Å². The Bertz CT molecular complexity index is 279. The van der Waals surface area contributed by atoms with Crippen molar-refractivity contribution < 1.29 is 13.1 Å². The Morgan fingerprint density at radius 2 is 2.29 bits per heavy atom. The Balaban J connectivity index is 2.29. The number of ether oxygens (including phenoxy) is 1.